The number of hydrogen-bond donors (Lipinski definition) is 2. The van der Waals surface area contributed by atoms with E-state index in [0.717, 1.165) is 16.5 Å². The quantitative estimate of drug-likeness (QED) is 0.732. The summed E-state index contributed by atoms with van der Waals surface area (Å²) >= 11 is 5.92. The van der Waals surface area contributed by atoms with Crippen LogP contribution in [0.4, 0.5) is 0 Å². The summed E-state index contributed by atoms with van der Waals surface area (Å²) < 4.78 is 0. The van der Waals surface area contributed by atoms with Crippen molar-refractivity contribution < 1.29 is 9.90 Å². The van der Waals surface area contributed by atoms with Crippen molar-refractivity contribution in [3.63, 3.8) is 0 Å². The lowest BCUT2D eigenvalue weighted by Gasteiger charge is -2.38. The zero-order valence-electron chi connectivity index (χ0n) is 13.7. The third-order valence-corrected chi connectivity index (χ3v) is 5.27. The Morgan fingerprint density at radius 1 is 1.08 bits per heavy atom. The highest BCUT2D eigenvalue weighted by Crippen LogP contribution is 2.34. The van der Waals surface area contributed by atoms with E-state index in [0.29, 0.717) is 36.6 Å². The minimum atomic E-state index is -0.901. The average Bonchev–Trinajstić information content (AvgIpc) is 3.06. The van der Waals surface area contributed by atoms with E-state index in [1.165, 1.54) is 0 Å². The summed E-state index contributed by atoms with van der Waals surface area (Å²) in [5.41, 5.74) is 1.51. The van der Waals surface area contributed by atoms with Gasteiger partial charge in [-0.2, -0.15) is 0 Å². The monoisotopic (exact) mass is 354 g/mol. The van der Waals surface area contributed by atoms with Crippen molar-refractivity contribution in [2.45, 2.75) is 18.4 Å². The number of para-hydroxylation sites is 1. The summed E-state index contributed by atoms with van der Waals surface area (Å²) in [5, 5.41) is 12.6. The van der Waals surface area contributed by atoms with Crippen molar-refractivity contribution in [3.05, 3.63) is 70.9 Å². The van der Waals surface area contributed by atoms with Gasteiger partial charge in [0, 0.05) is 29.0 Å². The number of piperidine rings is 1. The molecule has 1 aliphatic rings. The van der Waals surface area contributed by atoms with Gasteiger partial charge in [0.25, 0.3) is 5.91 Å². The maximum absolute atomic E-state index is 12.8. The number of H-pyrrole nitrogens is 1. The number of carbonyl (C=O) groups is 1. The van der Waals surface area contributed by atoms with Crippen LogP contribution >= 0.6 is 11.6 Å². The van der Waals surface area contributed by atoms with Gasteiger partial charge in [0.2, 0.25) is 0 Å². The number of carbonyl (C=O) groups excluding carboxylic acids is 1. The Morgan fingerprint density at radius 2 is 1.76 bits per heavy atom. The number of rotatable bonds is 2. The standard InChI is InChI=1S/C20H19ClN2O2/c21-16-7-5-15(6-8-16)20(25)9-11-23(12-10-20)19(24)18-13-14-3-1-2-4-17(14)22-18/h1-8,13,22,25H,9-12H2. The van der Waals surface area contributed by atoms with Crippen molar-refractivity contribution in [3.8, 4) is 0 Å². The lowest BCUT2D eigenvalue weighted by molar-refractivity contribution is -0.0212. The van der Waals surface area contributed by atoms with Crippen LogP contribution in [0, 0.1) is 0 Å². The lowest BCUT2D eigenvalue weighted by atomic mass is 9.84. The number of fused-ring (bicyclic) bond motifs is 1. The predicted octanol–water partition coefficient (Wildman–Crippen LogP) is 3.95. The molecule has 0 aliphatic carbocycles. The van der Waals surface area contributed by atoms with Gasteiger partial charge in [0.1, 0.15) is 5.69 Å². The zero-order chi connectivity index (χ0) is 17.4. The minimum Gasteiger partial charge on any atom is -0.385 e. The number of benzene rings is 2. The number of aliphatic hydroxyl groups is 1. The lowest BCUT2D eigenvalue weighted by Crippen LogP contribution is -2.45. The fraction of sp³-hybridized carbons (Fsp3) is 0.250. The van der Waals surface area contributed by atoms with Gasteiger partial charge in [-0.1, -0.05) is 41.9 Å². The number of aromatic nitrogens is 1. The smallest absolute Gasteiger partial charge is 0.270 e. The maximum atomic E-state index is 12.8. The molecule has 0 radical (unpaired) electrons. The molecule has 1 aromatic heterocycles. The molecule has 3 aromatic rings. The third-order valence-electron chi connectivity index (χ3n) is 5.02. The highest BCUT2D eigenvalue weighted by Gasteiger charge is 2.35. The molecular formula is C20H19ClN2O2. The van der Waals surface area contributed by atoms with Crippen molar-refractivity contribution in [1.82, 2.24) is 9.88 Å². The molecule has 1 amide bonds. The van der Waals surface area contributed by atoms with E-state index in [1.807, 2.05) is 42.5 Å². The summed E-state index contributed by atoms with van der Waals surface area (Å²) in [6.45, 7) is 1.04. The van der Waals surface area contributed by atoms with E-state index in [-0.39, 0.29) is 5.91 Å². The van der Waals surface area contributed by atoms with Gasteiger partial charge >= 0.3 is 0 Å². The maximum Gasteiger partial charge on any atom is 0.270 e. The van der Waals surface area contributed by atoms with E-state index in [4.69, 9.17) is 11.6 Å². The van der Waals surface area contributed by atoms with Gasteiger partial charge < -0.3 is 15.0 Å². The van der Waals surface area contributed by atoms with Crippen LogP contribution in [0.1, 0.15) is 28.9 Å². The molecule has 2 heterocycles. The number of likely N-dealkylation sites (tertiary alicyclic amines) is 1. The van der Waals surface area contributed by atoms with Gasteiger partial charge in [-0.15, -0.1) is 0 Å². The summed E-state index contributed by atoms with van der Waals surface area (Å²) in [4.78, 5) is 17.7. The van der Waals surface area contributed by atoms with Crippen LogP contribution in [0.5, 0.6) is 0 Å². The van der Waals surface area contributed by atoms with Crippen molar-refractivity contribution in [2.75, 3.05) is 13.1 Å². The first-order chi connectivity index (χ1) is 12.0. The largest absolute Gasteiger partial charge is 0.385 e. The molecule has 1 aliphatic heterocycles. The summed E-state index contributed by atoms with van der Waals surface area (Å²) in [5.74, 6) is -0.0191. The Kier molecular flexibility index (Phi) is 4.02. The second kappa shape index (κ2) is 6.21. The molecule has 128 valence electrons. The average molecular weight is 355 g/mol. The first-order valence-electron chi connectivity index (χ1n) is 8.41. The summed E-state index contributed by atoms with van der Waals surface area (Å²) in [7, 11) is 0. The van der Waals surface area contributed by atoms with Gasteiger partial charge in [-0.3, -0.25) is 4.79 Å². The van der Waals surface area contributed by atoms with Gasteiger partial charge in [0.15, 0.2) is 0 Å². The molecule has 2 N–H and O–H groups in total. The second-order valence-electron chi connectivity index (χ2n) is 6.60. The molecule has 4 rings (SSSR count). The fourth-order valence-corrected chi connectivity index (χ4v) is 3.61. The molecule has 0 bridgehead atoms. The topological polar surface area (TPSA) is 56.3 Å². The number of hydrogen-bond acceptors (Lipinski definition) is 2. The molecule has 0 unspecified atom stereocenters. The van der Waals surface area contributed by atoms with Crippen LogP contribution in [0.3, 0.4) is 0 Å². The Balaban J connectivity index is 1.49. The first kappa shape index (κ1) is 16.2. The summed E-state index contributed by atoms with van der Waals surface area (Å²) in [6.07, 6.45) is 1.03. The summed E-state index contributed by atoms with van der Waals surface area (Å²) in [6, 6.07) is 17.0. The fourth-order valence-electron chi connectivity index (χ4n) is 3.49. The van der Waals surface area contributed by atoms with Crippen LogP contribution in [0.2, 0.25) is 5.02 Å². The highest BCUT2D eigenvalue weighted by molar-refractivity contribution is 6.30. The van der Waals surface area contributed by atoms with Crippen molar-refractivity contribution >= 4 is 28.4 Å². The minimum absolute atomic E-state index is 0.0191. The van der Waals surface area contributed by atoms with Crippen molar-refractivity contribution in [2.24, 2.45) is 0 Å². The Bertz CT molecular complexity index is 876. The highest BCUT2D eigenvalue weighted by atomic mass is 35.5. The molecule has 0 saturated carbocycles. The molecule has 0 atom stereocenters. The predicted molar refractivity (Wildman–Crippen MR) is 98.8 cm³/mol. The molecule has 5 heteroatoms. The van der Waals surface area contributed by atoms with E-state index >= 15 is 0 Å². The molecule has 1 fully saturated rings. The molecule has 1 saturated heterocycles. The SMILES string of the molecule is O=C(c1cc2ccccc2[nH]1)N1CCC(O)(c2ccc(Cl)cc2)CC1. The van der Waals surface area contributed by atoms with E-state index in [9.17, 15) is 9.90 Å². The molecule has 4 nitrogen and oxygen atoms in total. The normalized spacial score (nSPS) is 17.0. The first-order valence-corrected chi connectivity index (χ1v) is 8.78. The number of nitrogens with one attached hydrogen (secondary N) is 1. The van der Waals surface area contributed by atoms with Crippen LogP contribution in [-0.2, 0) is 5.60 Å². The van der Waals surface area contributed by atoms with Crippen LogP contribution < -0.4 is 0 Å². The van der Waals surface area contributed by atoms with Crippen LogP contribution in [0.25, 0.3) is 10.9 Å². The Morgan fingerprint density at radius 3 is 2.44 bits per heavy atom. The van der Waals surface area contributed by atoms with Gasteiger partial charge in [0.05, 0.1) is 5.60 Å². The zero-order valence-corrected chi connectivity index (χ0v) is 14.5. The Labute approximate surface area is 151 Å². The molecule has 25 heavy (non-hydrogen) atoms. The van der Waals surface area contributed by atoms with Crippen LogP contribution in [0.15, 0.2) is 54.6 Å². The molecular weight excluding hydrogens is 336 g/mol. The van der Waals surface area contributed by atoms with Crippen LogP contribution in [-0.4, -0.2) is 34.0 Å². The van der Waals surface area contributed by atoms with Gasteiger partial charge in [-0.25, -0.2) is 0 Å². The van der Waals surface area contributed by atoms with Gasteiger partial charge in [-0.05, 0) is 42.7 Å². The Hall–Kier alpha value is -2.30. The van der Waals surface area contributed by atoms with E-state index in [1.54, 1.807) is 17.0 Å². The third kappa shape index (κ3) is 3.03. The molecule has 0 spiro atoms. The molecule has 2 aromatic carbocycles. The number of nitrogens with zero attached hydrogens (tertiary/aromatic N) is 1. The number of aromatic amines is 1. The van der Waals surface area contributed by atoms with E-state index in [2.05, 4.69) is 4.98 Å². The second-order valence-corrected chi connectivity index (χ2v) is 7.04. The van der Waals surface area contributed by atoms with Crippen molar-refractivity contribution in [1.29, 1.82) is 0 Å². The van der Waals surface area contributed by atoms with E-state index < -0.39 is 5.60 Å². The number of amides is 1. The number of halogens is 1.